The molecule has 0 aromatic heterocycles. The summed E-state index contributed by atoms with van der Waals surface area (Å²) in [5.41, 5.74) is 6.53. The average molecular weight is 345 g/mol. The summed E-state index contributed by atoms with van der Waals surface area (Å²) in [6, 6.07) is 6.35. The predicted octanol–water partition coefficient (Wildman–Crippen LogP) is 2.96. The molecule has 1 amide bonds. The van der Waals surface area contributed by atoms with Crippen molar-refractivity contribution in [3.05, 3.63) is 35.6 Å². The molecule has 0 heterocycles. The second-order valence-electron chi connectivity index (χ2n) is 5.94. The number of halogens is 2. The number of rotatable bonds is 7. The molecule has 0 bridgehead atoms. The summed E-state index contributed by atoms with van der Waals surface area (Å²) in [4.78, 5) is 12.3. The van der Waals surface area contributed by atoms with E-state index < -0.39 is 0 Å². The van der Waals surface area contributed by atoms with E-state index in [1.54, 1.807) is 19.2 Å². The lowest BCUT2D eigenvalue weighted by molar-refractivity contribution is -0.124. The highest BCUT2D eigenvalue weighted by molar-refractivity contribution is 5.85. The van der Waals surface area contributed by atoms with Gasteiger partial charge in [0.1, 0.15) is 5.82 Å². The quantitative estimate of drug-likeness (QED) is 0.799. The Hall–Kier alpha value is -1.17. The van der Waals surface area contributed by atoms with Crippen molar-refractivity contribution in [2.45, 2.75) is 44.2 Å². The molecule has 1 aromatic carbocycles. The van der Waals surface area contributed by atoms with Crippen molar-refractivity contribution in [1.29, 1.82) is 0 Å². The number of benzene rings is 1. The Morgan fingerprint density at radius 1 is 1.35 bits per heavy atom. The number of carbonyl (C=O) groups excluding carboxylic acids is 1. The zero-order chi connectivity index (χ0) is 15.9. The Morgan fingerprint density at radius 3 is 2.48 bits per heavy atom. The van der Waals surface area contributed by atoms with Crippen LogP contribution in [0.15, 0.2) is 24.3 Å². The number of ether oxygens (including phenoxy) is 1. The van der Waals surface area contributed by atoms with E-state index in [9.17, 15) is 9.18 Å². The Kier molecular flexibility index (Phi) is 8.52. The van der Waals surface area contributed by atoms with Gasteiger partial charge in [0.25, 0.3) is 0 Å². The zero-order valence-corrected chi connectivity index (χ0v) is 14.3. The SMILES string of the molecule is COC(CN)CC(=O)NC(c1ccc(F)cc1)C1CCCC1.Cl. The summed E-state index contributed by atoms with van der Waals surface area (Å²) >= 11 is 0. The molecule has 1 fully saturated rings. The minimum Gasteiger partial charge on any atom is -0.380 e. The van der Waals surface area contributed by atoms with E-state index >= 15 is 0 Å². The van der Waals surface area contributed by atoms with Gasteiger partial charge in [-0.3, -0.25) is 4.79 Å². The maximum atomic E-state index is 13.1. The van der Waals surface area contributed by atoms with Gasteiger partial charge in [-0.2, -0.15) is 0 Å². The molecule has 0 radical (unpaired) electrons. The Morgan fingerprint density at radius 2 is 1.96 bits per heavy atom. The molecular weight excluding hydrogens is 319 g/mol. The van der Waals surface area contributed by atoms with Crippen molar-refractivity contribution in [1.82, 2.24) is 5.32 Å². The zero-order valence-electron chi connectivity index (χ0n) is 13.5. The van der Waals surface area contributed by atoms with E-state index in [1.165, 1.54) is 25.0 Å². The number of nitrogens with two attached hydrogens (primary N) is 1. The first-order chi connectivity index (χ1) is 10.6. The number of hydrogen-bond donors (Lipinski definition) is 2. The van der Waals surface area contributed by atoms with Gasteiger partial charge in [-0.15, -0.1) is 12.4 Å². The first-order valence-corrected chi connectivity index (χ1v) is 7.91. The lowest BCUT2D eigenvalue weighted by Crippen LogP contribution is -2.36. The van der Waals surface area contributed by atoms with E-state index in [-0.39, 0.29) is 42.7 Å². The first kappa shape index (κ1) is 19.9. The van der Waals surface area contributed by atoms with E-state index in [0.717, 1.165) is 18.4 Å². The molecule has 2 atom stereocenters. The number of methoxy groups -OCH3 is 1. The van der Waals surface area contributed by atoms with Crippen LogP contribution in [0.2, 0.25) is 0 Å². The number of nitrogens with one attached hydrogen (secondary N) is 1. The van der Waals surface area contributed by atoms with E-state index in [0.29, 0.717) is 12.5 Å². The topological polar surface area (TPSA) is 64.3 Å². The molecule has 130 valence electrons. The van der Waals surface area contributed by atoms with Crippen LogP contribution in [-0.2, 0) is 9.53 Å². The molecule has 1 aliphatic carbocycles. The lowest BCUT2D eigenvalue weighted by Gasteiger charge is -2.26. The largest absolute Gasteiger partial charge is 0.380 e. The highest BCUT2D eigenvalue weighted by atomic mass is 35.5. The first-order valence-electron chi connectivity index (χ1n) is 7.91. The van der Waals surface area contributed by atoms with E-state index in [4.69, 9.17) is 10.5 Å². The molecule has 0 aliphatic heterocycles. The molecule has 3 N–H and O–H groups in total. The van der Waals surface area contributed by atoms with Gasteiger partial charge in [0, 0.05) is 13.7 Å². The fraction of sp³-hybridized carbons (Fsp3) is 0.588. The van der Waals surface area contributed by atoms with Crippen LogP contribution >= 0.6 is 12.4 Å². The summed E-state index contributed by atoms with van der Waals surface area (Å²) in [6.45, 7) is 0.314. The Balaban J connectivity index is 0.00000264. The minimum atomic E-state index is -0.266. The van der Waals surface area contributed by atoms with Crippen molar-refractivity contribution in [3.63, 3.8) is 0 Å². The summed E-state index contributed by atoms with van der Waals surface area (Å²) < 4.78 is 18.3. The monoisotopic (exact) mass is 344 g/mol. The van der Waals surface area contributed by atoms with Gasteiger partial charge in [0.05, 0.1) is 18.6 Å². The summed E-state index contributed by atoms with van der Waals surface area (Å²) in [7, 11) is 1.55. The van der Waals surface area contributed by atoms with Crippen LogP contribution < -0.4 is 11.1 Å². The van der Waals surface area contributed by atoms with Crippen molar-refractivity contribution >= 4 is 18.3 Å². The van der Waals surface area contributed by atoms with Crippen molar-refractivity contribution in [3.8, 4) is 0 Å². The third-order valence-corrected chi connectivity index (χ3v) is 4.43. The maximum absolute atomic E-state index is 13.1. The number of hydrogen-bond acceptors (Lipinski definition) is 3. The highest BCUT2D eigenvalue weighted by Crippen LogP contribution is 2.35. The van der Waals surface area contributed by atoms with Gasteiger partial charge in [-0.25, -0.2) is 4.39 Å². The van der Waals surface area contributed by atoms with Crippen molar-refractivity contribution < 1.29 is 13.9 Å². The van der Waals surface area contributed by atoms with Crippen LogP contribution in [0.1, 0.15) is 43.7 Å². The van der Waals surface area contributed by atoms with Gasteiger partial charge in [-0.1, -0.05) is 25.0 Å². The second-order valence-corrected chi connectivity index (χ2v) is 5.94. The average Bonchev–Trinajstić information content (AvgIpc) is 3.05. The molecule has 1 saturated carbocycles. The maximum Gasteiger partial charge on any atom is 0.223 e. The fourth-order valence-electron chi connectivity index (χ4n) is 3.14. The summed E-state index contributed by atoms with van der Waals surface area (Å²) in [5.74, 6) is 0.0784. The van der Waals surface area contributed by atoms with Gasteiger partial charge in [0.2, 0.25) is 5.91 Å². The molecule has 23 heavy (non-hydrogen) atoms. The number of carbonyl (C=O) groups is 1. The summed E-state index contributed by atoms with van der Waals surface area (Å²) in [6.07, 6.45) is 4.53. The predicted molar refractivity (Wildman–Crippen MR) is 91.0 cm³/mol. The van der Waals surface area contributed by atoms with Crippen LogP contribution in [0, 0.1) is 11.7 Å². The summed E-state index contributed by atoms with van der Waals surface area (Å²) in [5, 5.41) is 3.10. The second kappa shape index (κ2) is 9.85. The van der Waals surface area contributed by atoms with E-state index in [2.05, 4.69) is 5.32 Å². The minimum absolute atomic E-state index is 0. The molecule has 1 aromatic rings. The highest BCUT2D eigenvalue weighted by Gasteiger charge is 2.28. The molecule has 4 nitrogen and oxygen atoms in total. The van der Waals surface area contributed by atoms with Gasteiger partial charge in [0.15, 0.2) is 0 Å². The normalized spacial score (nSPS) is 17.3. The Bertz CT molecular complexity index is 474. The molecule has 1 aliphatic rings. The van der Waals surface area contributed by atoms with Crippen molar-refractivity contribution in [2.24, 2.45) is 11.7 Å². The van der Waals surface area contributed by atoms with Crippen LogP contribution in [0.3, 0.4) is 0 Å². The van der Waals surface area contributed by atoms with Crippen molar-refractivity contribution in [2.75, 3.05) is 13.7 Å². The van der Waals surface area contributed by atoms with Gasteiger partial charge >= 0.3 is 0 Å². The molecule has 2 rings (SSSR count). The van der Waals surface area contributed by atoms with Crippen LogP contribution in [0.25, 0.3) is 0 Å². The van der Waals surface area contributed by atoms with Crippen LogP contribution in [-0.4, -0.2) is 25.7 Å². The third kappa shape index (κ3) is 5.75. The lowest BCUT2D eigenvalue weighted by atomic mass is 9.91. The van der Waals surface area contributed by atoms with Gasteiger partial charge in [-0.05, 0) is 36.5 Å². The van der Waals surface area contributed by atoms with Gasteiger partial charge < -0.3 is 15.8 Å². The Labute approximate surface area is 143 Å². The molecule has 0 saturated heterocycles. The smallest absolute Gasteiger partial charge is 0.223 e. The third-order valence-electron chi connectivity index (χ3n) is 4.43. The number of amides is 1. The van der Waals surface area contributed by atoms with Crippen LogP contribution in [0.4, 0.5) is 4.39 Å². The fourth-order valence-corrected chi connectivity index (χ4v) is 3.14. The molecule has 6 heteroatoms. The van der Waals surface area contributed by atoms with Crippen LogP contribution in [0.5, 0.6) is 0 Å². The molecular formula is C17H26ClFN2O2. The van der Waals surface area contributed by atoms with E-state index in [1.807, 2.05) is 0 Å². The standard InChI is InChI=1S/C17H25FN2O2.ClH/c1-22-15(11-19)10-16(21)20-17(12-4-2-3-5-12)13-6-8-14(18)9-7-13;/h6-9,12,15,17H,2-5,10-11,19H2,1H3,(H,20,21);1H. The molecule has 0 spiro atoms. The molecule has 2 unspecified atom stereocenters.